The molecular formula is C29H35N5O6. The highest BCUT2D eigenvalue weighted by molar-refractivity contribution is 6.31. The predicted octanol–water partition coefficient (Wildman–Crippen LogP) is 2.68. The molecule has 5 rings (SSSR count). The summed E-state index contributed by atoms with van der Waals surface area (Å²) in [7, 11) is 2.80. The van der Waals surface area contributed by atoms with Crippen molar-refractivity contribution in [2.45, 2.75) is 64.3 Å². The van der Waals surface area contributed by atoms with Crippen LogP contribution in [0.5, 0.6) is 0 Å². The van der Waals surface area contributed by atoms with Crippen LogP contribution in [0.1, 0.15) is 63.0 Å². The highest BCUT2D eigenvalue weighted by Crippen LogP contribution is 2.49. The molecule has 3 fully saturated rings. The van der Waals surface area contributed by atoms with E-state index in [4.69, 9.17) is 0 Å². The lowest BCUT2D eigenvalue weighted by atomic mass is 9.68. The summed E-state index contributed by atoms with van der Waals surface area (Å²) in [6.07, 6.45) is 7.72. The standard InChI is InChI=1S/C29H35N5O6/c1-4-5-6-7-8-13-34-24(36)20(23(35)30-27(34)39)16-18-11-12-21-19(15-18)17-29(22-10-9-14-33(21)22)25(37)31(2)28(40)32(3)26(29)38/h11-12,15-16,22H,4-10,13-14,17H2,1-3H3,(H,30,35,39)/b20-16-/t22-/m1/s1. The summed E-state index contributed by atoms with van der Waals surface area (Å²) in [6.45, 7) is 3.00. The molecule has 0 unspecified atom stereocenters. The predicted molar refractivity (Wildman–Crippen MR) is 146 cm³/mol. The zero-order chi connectivity index (χ0) is 28.8. The van der Waals surface area contributed by atoms with E-state index in [9.17, 15) is 28.8 Å². The molecule has 0 radical (unpaired) electrons. The van der Waals surface area contributed by atoms with Crippen LogP contribution >= 0.6 is 0 Å². The molecule has 1 aromatic rings. The summed E-state index contributed by atoms with van der Waals surface area (Å²) in [6, 6.07) is 3.71. The Hall–Kier alpha value is -4.02. The summed E-state index contributed by atoms with van der Waals surface area (Å²) >= 11 is 0. The summed E-state index contributed by atoms with van der Waals surface area (Å²) in [5.74, 6) is -2.42. The Kier molecular flexibility index (Phi) is 7.24. The van der Waals surface area contributed by atoms with Crippen LogP contribution in [-0.4, -0.2) is 83.6 Å². The first-order valence-corrected chi connectivity index (χ1v) is 14.0. The van der Waals surface area contributed by atoms with Gasteiger partial charge in [-0.2, -0.15) is 0 Å². The van der Waals surface area contributed by atoms with Gasteiger partial charge in [0, 0.05) is 32.9 Å². The maximum absolute atomic E-state index is 13.6. The Morgan fingerprint density at radius 2 is 1.68 bits per heavy atom. The molecule has 40 heavy (non-hydrogen) atoms. The van der Waals surface area contributed by atoms with E-state index in [0.29, 0.717) is 24.9 Å². The van der Waals surface area contributed by atoms with Crippen molar-refractivity contribution >= 4 is 47.5 Å². The van der Waals surface area contributed by atoms with Gasteiger partial charge in [0.1, 0.15) is 5.57 Å². The third-order valence-corrected chi connectivity index (χ3v) is 8.63. The number of amides is 8. The number of fused-ring (bicyclic) bond motifs is 4. The van der Waals surface area contributed by atoms with Crippen LogP contribution in [0.2, 0.25) is 0 Å². The monoisotopic (exact) mass is 549 g/mol. The lowest BCUT2D eigenvalue weighted by Crippen LogP contribution is -2.70. The van der Waals surface area contributed by atoms with Gasteiger partial charge in [-0.3, -0.25) is 39.2 Å². The number of nitrogens with zero attached hydrogens (tertiary/aromatic N) is 4. The number of anilines is 1. The van der Waals surface area contributed by atoms with Crippen LogP contribution in [0, 0.1) is 5.41 Å². The van der Waals surface area contributed by atoms with E-state index in [0.717, 1.165) is 58.1 Å². The van der Waals surface area contributed by atoms with E-state index >= 15 is 0 Å². The second-order valence-corrected chi connectivity index (χ2v) is 11.1. The van der Waals surface area contributed by atoms with Crippen molar-refractivity contribution in [3.8, 4) is 0 Å². The Balaban J connectivity index is 1.46. The molecule has 1 N–H and O–H groups in total. The molecule has 1 atom stereocenters. The lowest BCUT2D eigenvalue weighted by molar-refractivity contribution is -0.159. The van der Waals surface area contributed by atoms with Crippen molar-refractivity contribution in [2.75, 3.05) is 32.1 Å². The molecule has 11 nitrogen and oxygen atoms in total. The van der Waals surface area contributed by atoms with Gasteiger partial charge >= 0.3 is 12.1 Å². The number of barbiturate groups is 2. The molecule has 0 saturated carbocycles. The molecule has 0 aliphatic carbocycles. The van der Waals surface area contributed by atoms with Crippen molar-refractivity contribution < 1.29 is 28.8 Å². The van der Waals surface area contributed by atoms with Gasteiger partial charge < -0.3 is 4.90 Å². The molecular weight excluding hydrogens is 514 g/mol. The number of hydrogen-bond donors (Lipinski definition) is 1. The van der Waals surface area contributed by atoms with Crippen molar-refractivity contribution in [3.63, 3.8) is 0 Å². The van der Waals surface area contributed by atoms with Crippen molar-refractivity contribution in [1.82, 2.24) is 20.0 Å². The maximum atomic E-state index is 13.6. The fourth-order valence-electron chi connectivity index (χ4n) is 6.56. The molecule has 3 saturated heterocycles. The minimum atomic E-state index is -1.44. The number of carbonyl (C=O) groups is 6. The molecule has 8 amide bonds. The first-order chi connectivity index (χ1) is 19.1. The molecule has 0 bridgehead atoms. The van der Waals surface area contributed by atoms with Crippen LogP contribution in [0.4, 0.5) is 15.3 Å². The molecule has 1 spiro atoms. The SMILES string of the molecule is CCCCCCCN1C(=O)NC(=O)/C(=C/c2ccc3c(c2)CC2(C(=O)N(C)C(=O)N(C)C2=O)[C@H]2CCCN32)C1=O. The van der Waals surface area contributed by atoms with Crippen LogP contribution in [0.3, 0.4) is 0 Å². The fraction of sp³-hybridized carbons (Fsp3) is 0.517. The van der Waals surface area contributed by atoms with Crippen LogP contribution < -0.4 is 10.2 Å². The van der Waals surface area contributed by atoms with Gasteiger partial charge in [-0.1, -0.05) is 38.7 Å². The molecule has 4 heterocycles. The number of rotatable bonds is 7. The minimum absolute atomic E-state index is 0.0999. The van der Waals surface area contributed by atoms with Crippen LogP contribution in [-0.2, 0) is 25.6 Å². The normalized spacial score (nSPS) is 23.4. The summed E-state index contributed by atoms with van der Waals surface area (Å²) < 4.78 is 0. The van der Waals surface area contributed by atoms with E-state index < -0.39 is 41.1 Å². The van der Waals surface area contributed by atoms with Gasteiger partial charge in [-0.15, -0.1) is 0 Å². The molecule has 1 aromatic carbocycles. The summed E-state index contributed by atoms with van der Waals surface area (Å²) in [5, 5.41) is 2.27. The average molecular weight is 550 g/mol. The third-order valence-electron chi connectivity index (χ3n) is 8.63. The molecule has 4 aliphatic heterocycles. The fourth-order valence-corrected chi connectivity index (χ4v) is 6.56. The van der Waals surface area contributed by atoms with Crippen LogP contribution in [0.25, 0.3) is 6.08 Å². The van der Waals surface area contributed by atoms with E-state index in [2.05, 4.69) is 17.1 Å². The Morgan fingerprint density at radius 3 is 2.38 bits per heavy atom. The summed E-state index contributed by atoms with van der Waals surface area (Å²) in [5.41, 5.74) is 0.564. The van der Waals surface area contributed by atoms with Gasteiger partial charge in [0.2, 0.25) is 11.8 Å². The highest BCUT2D eigenvalue weighted by Gasteiger charge is 2.63. The van der Waals surface area contributed by atoms with Crippen LogP contribution in [0.15, 0.2) is 23.8 Å². The summed E-state index contributed by atoms with van der Waals surface area (Å²) in [4.78, 5) is 83.1. The second-order valence-electron chi connectivity index (χ2n) is 11.1. The van der Waals surface area contributed by atoms with Crippen molar-refractivity contribution in [2.24, 2.45) is 5.41 Å². The Bertz CT molecular complexity index is 1310. The number of imide groups is 4. The number of benzene rings is 1. The topological polar surface area (TPSA) is 127 Å². The highest BCUT2D eigenvalue weighted by atomic mass is 16.2. The molecule has 4 aliphatic rings. The number of hydrogen-bond acceptors (Lipinski definition) is 7. The number of nitrogens with one attached hydrogen (secondary N) is 1. The minimum Gasteiger partial charge on any atom is -0.367 e. The second kappa shape index (κ2) is 10.5. The van der Waals surface area contributed by atoms with Gasteiger partial charge in [-0.05, 0) is 55.0 Å². The van der Waals surface area contributed by atoms with Gasteiger partial charge in [0.05, 0.1) is 6.04 Å². The van der Waals surface area contributed by atoms with E-state index in [1.165, 1.54) is 20.2 Å². The third kappa shape index (κ3) is 4.28. The number of urea groups is 2. The molecule has 212 valence electrons. The zero-order valence-corrected chi connectivity index (χ0v) is 23.2. The first-order valence-electron chi connectivity index (χ1n) is 14.0. The molecule has 11 heteroatoms. The Morgan fingerprint density at radius 1 is 0.975 bits per heavy atom. The number of unbranched alkanes of at least 4 members (excludes halogenated alkanes) is 4. The van der Waals surface area contributed by atoms with E-state index in [1.807, 2.05) is 6.07 Å². The van der Waals surface area contributed by atoms with E-state index in [1.54, 1.807) is 12.1 Å². The molecule has 0 aromatic heterocycles. The average Bonchev–Trinajstić information content (AvgIpc) is 3.44. The van der Waals surface area contributed by atoms with Gasteiger partial charge in [0.15, 0.2) is 5.41 Å². The van der Waals surface area contributed by atoms with Gasteiger partial charge in [-0.25, -0.2) is 9.59 Å². The maximum Gasteiger partial charge on any atom is 0.332 e. The quantitative estimate of drug-likeness (QED) is 0.240. The van der Waals surface area contributed by atoms with E-state index in [-0.39, 0.29) is 24.6 Å². The largest absolute Gasteiger partial charge is 0.367 e. The Labute approximate surface area is 233 Å². The zero-order valence-electron chi connectivity index (χ0n) is 23.2. The van der Waals surface area contributed by atoms with Crippen molar-refractivity contribution in [1.29, 1.82) is 0 Å². The number of carbonyl (C=O) groups excluding carboxylic acids is 6. The van der Waals surface area contributed by atoms with Crippen molar-refractivity contribution in [3.05, 3.63) is 34.9 Å². The lowest BCUT2D eigenvalue weighted by Gasteiger charge is -2.50. The first kappa shape index (κ1) is 27.5. The van der Waals surface area contributed by atoms with Gasteiger partial charge in [0.25, 0.3) is 11.8 Å². The smallest absolute Gasteiger partial charge is 0.332 e.